The van der Waals surface area contributed by atoms with Gasteiger partial charge in [0.25, 0.3) is 5.91 Å². The van der Waals surface area contributed by atoms with Crippen molar-refractivity contribution in [2.75, 3.05) is 27.2 Å². The molecule has 0 aliphatic carbocycles. The molecule has 0 aromatic heterocycles. The first-order chi connectivity index (χ1) is 8.22. The number of likely N-dealkylation sites (N-methyl/N-ethyl adjacent to an activating group) is 1. The number of carbonyl (C=O) groups is 1. The normalized spacial score (nSPS) is 18.0. The van der Waals surface area contributed by atoms with E-state index in [1.165, 1.54) is 0 Å². The van der Waals surface area contributed by atoms with E-state index < -0.39 is 0 Å². The molecule has 18 heavy (non-hydrogen) atoms. The molecule has 0 saturated carbocycles. The number of nitrogens with zero attached hydrogens (tertiary/aromatic N) is 1. The Morgan fingerprint density at radius 2 is 2.06 bits per heavy atom. The molecule has 1 fully saturated rings. The zero-order chi connectivity index (χ0) is 12.3. The summed E-state index contributed by atoms with van der Waals surface area (Å²) in [5.41, 5.74) is 0.709. The van der Waals surface area contributed by atoms with Crippen molar-refractivity contribution in [3.05, 3.63) is 29.8 Å². The second-order valence-electron chi connectivity index (χ2n) is 4.29. The van der Waals surface area contributed by atoms with Gasteiger partial charge in [0.1, 0.15) is 5.75 Å². The molecule has 1 aliphatic heterocycles. The van der Waals surface area contributed by atoms with E-state index in [1.807, 2.05) is 24.1 Å². The second-order valence-corrected chi connectivity index (χ2v) is 4.29. The number of rotatable bonds is 3. The molecule has 1 aromatic carbocycles. The molecule has 1 aromatic rings. The third-order valence-corrected chi connectivity index (χ3v) is 3.24. The van der Waals surface area contributed by atoms with Crippen LogP contribution < -0.4 is 10.1 Å². The predicted octanol–water partition coefficient (Wildman–Crippen LogP) is 1.55. The number of benzene rings is 1. The van der Waals surface area contributed by atoms with Crippen molar-refractivity contribution in [2.24, 2.45) is 0 Å². The Kier molecular flexibility index (Phi) is 5.44. The largest absolute Gasteiger partial charge is 0.497 e. The van der Waals surface area contributed by atoms with E-state index in [-0.39, 0.29) is 18.3 Å². The van der Waals surface area contributed by atoms with Crippen molar-refractivity contribution in [1.29, 1.82) is 0 Å². The van der Waals surface area contributed by atoms with Crippen LogP contribution in [0.1, 0.15) is 16.8 Å². The van der Waals surface area contributed by atoms with E-state index in [0.29, 0.717) is 11.6 Å². The first kappa shape index (κ1) is 14.8. The lowest BCUT2D eigenvalue weighted by atomic mass is 10.1. The van der Waals surface area contributed by atoms with Crippen molar-refractivity contribution < 1.29 is 9.53 Å². The summed E-state index contributed by atoms with van der Waals surface area (Å²) in [7, 11) is 3.48. The average molecular weight is 271 g/mol. The number of methoxy groups -OCH3 is 1. The van der Waals surface area contributed by atoms with Crippen molar-refractivity contribution in [3.63, 3.8) is 0 Å². The van der Waals surface area contributed by atoms with Crippen LogP contribution in [0.25, 0.3) is 0 Å². The summed E-state index contributed by atoms with van der Waals surface area (Å²) in [4.78, 5) is 14.0. The maximum Gasteiger partial charge on any atom is 0.253 e. The molecule has 1 saturated heterocycles. The lowest BCUT2D eigenvalue weighted by molar-refractivity contribution is 0.0744. The van der Waals surface area contributed by atoms with Gasteiger partial charge in [-0.05, 0) is 37.2 Å². The summed E-state index contributed by atoms with van der Waals surface area (Å²) in [6, 6.07) is 7.55. The summed E-state index contributed by atoms with van der Waals surface area (Å²) in [5.74, 6) is 0.841. The van der Waals surface area contributed by atoms with Gasteiger partial charge in [-0.3, -0.25) is 4.79 Å². The van der Waals surface area contributed by atoms with E-state index >= 15 is 0 Å². The maximum atomic E-state index is 12.2. The number of amides is 1. The number of hydrogen-bond donors (Lipinski definition) is 1. The molecule has 1 atom stereocenters. The molecule has 2 rings (SSSR count). The molecule has 0 unspecified atom stereocenters. The van der Waals surface area contributed by atoms with Crippen LogP contribution in [0.5, 0.6) is 5.75 Å². The molecule has 1 amide bonds. The highest BCUT2D eigenvalue weighted by Gasteiger charge is 2.23. The minimum atomic E-state index is 0. The molecular weight excluding hydrogens is 252 g/mol. The van der Waals surface area contributed by atoms with E-state index in [9.17, 15) is 4.79 Å². The Balaban J connectivity index is 0.00000162. The molecule has 1 heterocycles. The van der Waals surface area contributed by atoms with Crippen LogP contribution in [-0.2, 0) is 0 Å². The lowest BCUT2D eigenvalue weighted by Crippen LogP contribution is -2.38. The lowest BCUT2D eigenvalue weighted by Gasteiger charge is -2.23. The Hall–Kier alpha value is -1.26. The Labute approximate surface area is 114 Å². The molecule has 0 radical (unpaired) electrons. The minimum absolute atomic E-state index is 0. The second kappa shape index (κ2) is 6.61. The Morgan fingerprint density at radius 1 is 1.39 bits per heavy atom. The van der Waals surface area contributed by atoms with E-state index in [0.717, 1.165) is 25.3 Å². The fourth-order valence-electron chi connectivity index (χ4n) is 2.07. The number of hydrogen-bond acceptors (Lipinski definition) is 3. The molecular formula is C13H19ClN2O2. The van der Waals surface area contributed by atoms with Gasteiger partial charge < -0.3 is 15.0 Å². The van der Waals surface area contributed by atoms with Gasteiger partial charge in [0, 0.05) is 25.2 Å². The van der Waals surface area contributed by atoms with Gasteiger partial charge in [-0.25, -0.2) is 0 Å². The van der Waals surface area contributed by atoms with Crippen molar-refractivity contribution in [1.82, 2.24) is 10.2 Å². The van der Waals surface area contributed by atoms with Gasteiger partial charge >= 0.3 is 0 Å². The van der Waals surface area contributed by atoms with E-state index in [4.69, 9.17) is 4.74 Å². The zero-order valence-electron chi connectivity index (χ0n) is 10.7. The first-order valence-electron chi connectivity index (χ1n) is 5.84. The van der Waals surface area contributed by atoms with Crippen LogP contribution >= 0.6 is 12.4 Å². The summed E-state index contributed by atoms with van der Waals surface area (Å²) < 4.78 is 5.07. The number of carbonyl (C=O) groups excluding carboxylic acids is 1. The van der Waals surface area contributed by atoms with Crippen LogP contribution in [0.15, 0.2) is 24.3 Å². The fraction of sp³-hybridized carbons (Fsp3) is 0.462. The summed E-state index contributed by atoms with van der Waals surface area (Å²) in [6.45, 7) is 1.88. The summed E-state index contributed by atoms with van der Waals surface area (Å²) >= 11 is 0. The van der Waals surface area contributed by atoms with Gasteiger partial charge in [-0.2, -0.15) is 0 Å². The van der Waals surface area contributed by atoms with Crippen molar-refractivity contribution in [2.45, 2.75) is 12.5 Å². The molecule has 5 heteroatoms. The zero-order valence-corrected chi connectivity index (χ0v) is 11.5. The quantitative estimate of drug-likeness (QED) is 0.906. The molecule has 0 spiro atoms. The topological polar surface area (TPSA) is 41.6 Å². The minimum Gasteiger partial charge on any atom is -0.497 e. The first-order valence-corrected chi connectivity index (χ1v) is 5.84. The van der Waals surface area contributed by atoms with Gasteiger partial charge in [0.15, 0.2) is 0 Å². The number of ether oxygens (including phenoxy) is 1. The smallest absolute Gasteiger partial charge is 0.253 e. The van der Waals surface area contributed by atoms with Crippen LogP contribution in [0.4, 0.5) is 0 Å². The maximum absolute atomic E-state index is 12.2. The summed E-state index contributed by atoms with van der Waals surface area (Å²) in [5, 5.41) is 3.26. The third kappa shape index (κ3) is 3.15. The Morgan fingerprint density at radius 3 is 2.56 bits per heavy atom. The SMILES string of the molecule is COc1ccc(C(=O)N(C)[C@@H]2CCNC2)cc1.Cl. The molecule has 100 valence electrons. The molecule has 1 N–H and O–H groups in total. The Bertz CT molecular complexity index is 388. The predicted molar refractivity (Wildman–Crippen MR) is 73.6 cm³/mol. The molecule has 4 nitrogen and oxygen atoms in total. The van der Waals surface area contributed by atoms with Gasteiger partial charge in [-0.1, -0.05) is 0 Å². The van der Waals surface area contributed by atoms with Crippen LogP contribution in [0.3, 0.4) is 0 Å². The summed E-state index contributed by atoms with van der Waals surface area (Å²) in [6.07, 6.45) is 1.03. The average Bonchev–Trinajstić information content (AvgIpc) is 2.91. The van der Waals surface area contributed by atoms with Gasteiger partial charge in [0.05, 0.1) is 7.11 Å². The monoisotopic (exact) mass is 270 g/mol. The highest BCUT2D eigenvalue weighted by Crippen LogP contribution is 2.15. The highest BCUT2D eigenvalue weighted by molar-refractivity contribution is 5.94. The molecule has 1 aliphatic rings. The van der Waals surface area contributed by atoms with Crippen molar-refractivity contribution >= 4 is 18.3 Å². The highest BCUT2D eigenvalue weighted by atomic mass is 35.5. The van der Waals surface area contributed by atoms with Gasteiger partial charge in [-0.15, -0.1) is 12.4 Å². The third-order valence-electron chi connectivity index (χ3n) is 3.24. The van der Waals surface area contributed by atoms with Crippen LogP contribution in [0.2, 0.25) is 0 Å². The van der Waals surface area contributed by atoms with Crippen LogP contribution in [-0.4, -0.2) is 44.1 Å². The standard InChI is InChI=1S/C13H18N2O2.ClH/c1-15(11-7-8-14-9-11)13(16)10-3-5-12(17-2)6-4-10;/h3-6,11,14H,7-9H2,1-2H3;1H/t11-;/m1./s1. The van der Waals surface area contributed by atoms with E-state index in [2.05, 4.69) is 5.32 Å². The number of halogens is 1. The van der Waals surface area contributed by atoms with Crippen LogP contribution in [0, 0.1) is 0 Å². The fourth-order valence-corrected chi connectivity index (χ4v) is 2.07. The molecule has 0 bridgehead atoms. The van der Waals surface area contributed by atoms with Crippen molar-refractivity contribution in [3.8, 4) is 5.75 Å². The number of nitrogens with one attached hydrogen (secondary N) is 1. The van der Waals surface area contributed by atoms with E-state index in [1.54, 1.807) is 19.2 Å². The van der Waals surface area contributed by atoms with Gasteiger partial charge in [0.2, 0.25) is 0 Å².